The summed E-state index contributed by atoms with van der Waals surface area (Å²) in [4.78, 5) is 20.6. The van der Waals surface area contributed by atoms with Gasteiger partial charge >= 0.3 is 12.1 Å². The molecule has 0 heterocycles. The second-order valence-corrected chi connectivity index (χ2v) is 3.81. The molecule has 1 aromatic rings. The van der Waals surface area contributed by atoms with Gasteiger partial charge in [-0.15, -0.1) is 0 Å². The number of aromatic carboxylic acids is 1. The van der Waals surface area contributed by atoms with Gasteiger partial charge in [0.25, 0.3) is 5.69 Å². The maximum atomic E-state index is 11.9. The summed E-state index contributed by atoms with van der Waals surface area (Å²) in [6.45, 7) is -0.336. The summed E-state index contributed by atoms with van der Waals surface area (Å²) in [5.41, 5.74) is -0.906. The molecule has 0 aliphatic heterocycles. The third-order valence-corrected chi connectivity index (χ3v) is 2.27. The largest absolute Gasteiger partial charge is 0.493 e. The molecule has 0 saturated carbocycles. The number of hydrogen-bond acceptors (Lipinski definition) is 4. The normalized spacial score (nSPS) is 11.2. The van der Waals surface area contributed by atoms with E-state index in [1.165, 1.54) is 0 Å². The zero-order chi connectivity index (χ0) is 15.3. The van der Waals surface area contributed by atoms with E-state index >= 15 is 0 Å². The number of hydrogen-bond donors (Lipinski definition) is 1. The Kier molecular flexibility index (Phi) is 4.89. The van der Waals surface area contributed by atoms with Crippen LogP contribution in [0, 0.1) is 10.1 Å². The van der Waals surface area contributed by atoms with Gasteiger partial charge in [0.15, 0.2) is 0 Å². The molecule has 0 radical (unpaired) electrons. The lowest BCUT2D eigenvalue weighted by molar-refractivity contribution is -0.384. The number of ether oxygens (including phenoxy) is 1. The topological polar surface area (TPSA) is 89.7 Å². The summed E-state index contributed by atoms with van der Waals surface area (Å²) >= 11 is 0. The molecular weight excluding hydrogens is 283 g/mol. The average molecular weight is 293 g/mol. The molecule has 0 aliphatic rings. The summed E-state index contributed by atoms with van der Waals surface area (Å²) < 4.78 is 40.6. The van der Waals surface area contributed by atoms with E-state index in [0.29, 0.717) is 0 Å². The Morgan fingerprint density at radius 2 is 2.05 bits per heavy atom. The first-order chi connectivity index (χ1) is 9.20. The van der Waals surface area contributed by atoms with E-state index in [1.54, 1.807) is 0 Å². The van der Waals surface area contributed by atoms with Gasteiger partial charge in [0.1, 0.15) is 11.3 Å². The lowest BCUT2D eigenvalue weighted by atomic mass is 10.2. The molecule has 1 N–H and O–H groups in total. The molecule has 6 nitrogen and oxygen atoms in total. The van der Waals surface area contributed by atoms with Crippen LogP contribution in [0.3, 0.4) is 0 Å². The lowest BCUT2D eigenvalue weighted by Gasteiger charge is -2.10. The molecule has 0 aromatic heterocycles. The molecule has 1 aromatic carbocycles. The first-order valence-corrected chi connectivity index (χ1v) is 5.42. The molecule has 0 fully saturated rings. The van der Waals surface area contributed by atoms with Gasteiger partial charge in [-0.1, -0.05) is 0 Å². The molecule has 1 rings (SSSR count). The Bertz CT molecular complexity index is 515. The Balaban J connectivity index is 2.75. The number of halogens is 3. The summed E-state index contributed by atoms with van der Waals surface area (Å²) in [6.07, 6.45) is -5.70. The van der Waals surface area contributed by atoms with Gasteiger partial charge in [0.05, 0.1) is 11.5 Å². The molecule has 0 spiro atoms. The second kappa shape index (κ2) is 6.22. The van der Waals surface area contributed by atoms with E-state index in [9.17, 15) is 28.1 Å². The Hall–Kier alpha value is -2.32. The molecule has 0 saturated heterocycles. The van der Waals surface area contributed by atoms with Gasteiger partial charge < -0.3 is 9.84 Å². The molecular formula is C11H10F3NO5. The molecule has 0 unspecified atom stereocenters. The highest BCUT2D eigenvalue weighted by Gasteiger charge is 2.26. The van der Waals surface area contributed by atoms with Gasteiger partial charge in [-0.25, -0.2) is 4.79 Å². The van der Waals surface area contributed by atoms with Crippen molar-refractivity contribution in [2.75, 3.05) is 6.61 Å². The molecule has 110 valence electrons. The van der Waals surface area contributed by atoms with Crippen LogP contribution >= 0.6 is 0 Å². The molecule has 0 bridgehead atoms. The van der Waals surface area contributed by atoms with Crippen LogP contribution in [-0.2, 0) is 0 Å². The minimum atomic E-state index is -4.31. The highest BCUT2D eigenvalue weighted by atomic mass is 19.4. The van der Waals surface area contributed by atoms with Crippen LogP contribution in [0.2, 0.25) is 0 Å². The van der Waals surface area contributed by atoms with Crippen molar-refractivity contribution in [3.63, 3.8) is 0 Å². The van der Waals surface area contributed by atoms with Crippen molar-refractivity contribution in [1.29, 1.82) is 0 Å². The van der Waals surface area contributed by atoms with E-state index in [2.05, 4.69) is 0 Å². The Morgan fingerprint density at radius 3 is 2.55 bits per heavy atom. The molecule has 9 heteroatoms. The third-order valence-electron chi connectivity index (χ3n) is 2.27. The third kappa shape index (κ3) is 4.75. The van der Waals surface area contributed by atoms with Crippen LogP contribution < -0.4 is 4.74 Å². The number of nitro groups is 1. The van der Waals surface area contributed by atoms with E-state index in [0.717, 1.165) is 18.2 Å². The Labute approximate surface area is 110 Å². The number of non-ortho nitro benzene ring substituents is 1. The van der Waals surface area contributed by atoms with Crippen LogP contribution in [0.1, 0.15) is 23.2 Å². The maximum Gasteiger partial charge on any atom is 0.389 e. The van der Waals surface area contributed by atoms with Crippen LogP contribution in [-0.4, -0.2) is 28.8 Å². The minimum absolute atomic E-state index is 0.203. The average Bonchev–Trinajstić information content (AvgIpc) is 2.33. The summed E-state index contributed by atoms with van der Waals surface area (Å²) in [5.74, 6) is -1.66. The summed E-state index contributed by atoms with van der Waals surface area (Å²) in [6, 6.07) is 2.86. The highest BCUT2D eigenvalue weighted by molar-refractivity contribution is 5.91. The van der Waals surface area contributed by atoms with E-state index in [-0.39, 0.29) is 18.8 Å². The molecule has 0 amide bonds. The van der Waals surface area contributed by atoms with Crippen molar-refractivity contribution < 1.29 is 32.7 Å². The standard InChI is InChI=1S/C11H10F3NO5/c12-11(13,14)4-1-5-20-9-3-2-7(15(18)19)6-8(9)10(16)17/h2-3,6H,1,4-5H2,(H,16,17). The first-order valence-electron chi connectivity index (χ1n) is 5.42. The van der Waals surface area contributed by atoms with Gasteiger partial charge in [0.2, 0.25) is 0 Å². The van der Waals surface area contributed by atoms with Crippen LogP contribution in [0.15, 0.2) is 18.2 Å². The molecule has 0 aliphatic carbocycles. The molecule has 0 atom stereocenters. The number of alkyl halides is 3. The Morgan fingerprint density at radius 1 is 1.40 bits per heavy atom. The van der Waals surface area contributed by atoms with Gasteiger partial charge in [-0.2, -0.15) is 13.2 Å². The van der Waals surface area contributed by atoms with E-state index in [4.69, 9.17) is 9.84 Å². The smallest absolute Gasteiger partial charge is 0.389 e. The number of carbonyl (C=O) groups is 1. The lowest BCUT2D eigenvalue weighted by Crippen LogP contribution is -2.11. The maximum absolute atomic E-state index is 11.9. The van der Waals surface area contributed by atoms with Crippen LogP contribution in [0.5, 0.6) is 5.75 Å². The number of nitrogens with zero attached hydrogens (tertiary/aromatic N) is 1. The number of benzene rings is 1. The fourth-order valence-electron chi connectivity index (χ4n) is 1.38. The fourth-order valence-corrected chi connectivity index (χ4v) is 1.38. The minimum Gasteiger partial charge on any atom is -0.493 e. The van der Waals surface area contributed by atoms with Crippen LogP contribution in [0.25, 0.3) is 0 Å². The quantitative estimate of drug-likeness (QED) is 0.494. The van der Waals surface area contributed by atoms with Gasteiger partial charge in [-0.3, -0.25) is 10.1 Å². The second-order valence-electron chi connectivity index (χ2n) is 3.81. The SMILES string of the molecule is O=C(O)c1cc([N+](=O)[O-])ccc1OCCCC(F)(F)F. The predicted molar refractivity (Wildman–Crippen MR) is 60.8 cm³/mol. The van der Waals surface area contributed by atoms with Crippen molar-refractivity contribution in [1.82, 2.24) is 0 Å². The van der Waals surface area contributed by atoms with Crippen molar-refractivity contribution >= 4 is 11.7 Å². The number of nitro benzene ring substituents is 1. The number of rotatable bonds is 6. The highest BCUT2D eigenvalue weighted by Crippen LogP contribution is 2.25. The van der Waals surface area contributed by atoms with Crippen molar-refractivity contribution in [3.8, 4) is 5.75 Å². The van der Waals surface area contributed by atoms with Gasteiger partial charge in [-0.05, 0) is 12.5 Å². The van der Waals surface area contributed by atoms with Crippen molar-refractivity contribution in [3.05, 3.63) is 33.9 Å². The van der Waals surface area contributed by atoms with Gasteiger partial charge in [0, 0.05) is 18.6 Å². The fraction of sp³-hybridized carbons (Fsp3) is 0.364. The van der Waals surface area contributed by atoms with E-state index in [1.807, 2.05) is 0 Å². The van der Waals surface area contributed by atoms with Crippen molar-refractivity contribution in [2.24, 2.45) is 0 Å². The number of carboxylic acid groups (broad SMARTS) is 1. The predicted octanol–water partition coefficient (Wildman–Crippen LogP) is 3.01. The molecule has 20 heavy (non-hydrogen) atoms. The zero-order valence-electron chi connectivity index (χ0n) is 10.0. The number of carboxylic acids is 1. The summed E-state index contributed by atoms with van der Waals surface area (Å²) in [5, 5.41) is 19.4. The zero-order valence-corrected chi connectivity index (χ0v) is 10.0. The van der Waals surface area contributed by atoms with Crippen molar-refractivity contribution in [2.45, 2.75) is 19.0 Å². The van der Waals surface area contributed by atoms with E-state index < -0.39 is 34.7 Å². The monoisotopic (exact) mass is 293 g/mol. The summed E-state index contributed by atoms with van der Waals surface area (Å²) in [7, 11) is 0. The van der Waals surface area contributed by atoms with Crippen LogP contribution in [0.4, 0.5) is 18.9 Å². The first kappa shape index (κ1) is 15.7.